The zero-order valence-electron chi connectivity index (χ0n) is 12.7. The number of amides is 1. The summed E-state index contributed by atoms with van der Waals surface area (Å²) in [6.07, 6.45) is 1.93. The zero-order valence-corrected chi connectivity index (χ0v) is 14.3. The lowest BCUT2D eigenvalue weighted by Gasteiger charge is -2.13. The molecule has 124 valence electrons. The van der Waals surface area contributed by atoms with E-state index in [2.05, 4.69) is 5.32 Å². The Hall–Kier alpha value is -1.41. The summed E-state index contributed by atoms with van der Waals surface area (Å²) in [5.41, 5.74) is 0. The Morgan fingerprint density at radius 1 is 1.32 bits per heavy atom. The van der Waals surface area contributed by atoms with Crippen LogP contribution < -0.4 is 5.32 Å². The topological polar surface area (TPSA) is 101 Å². The molecule has 1 rings (SSSR count). The van der Waals surface area contributed by atoms with Gasteiger partial charge in [0.25, 0.3) is 5.91 Å². The van der Waals surface area contributed by atoms with Gasteiger partial charge in [0.1, 0.15) is 6.04 Å². The Kier molecular flexibility index (Phi) is 7.02. The first kappa shape index (κ1) is 18.6. The summed E-state index contributed by atoms with van der Waals surface area (Å²) < 4.78 is 23.1. The molecule has 8 heteroatoms. The first-order valence-electron chi connectivity index (χ1n) is 7.11. The number of carbonyl (C=O) groups is 2. The lowest BCUT2D eigenvalue weighted by atomic mass is 10.1. The first-order chi connectivity index (χ1) is 10.3. The number of hydrogen-bond donors (Lipinski definition) is 2. The molecule has 1 atom stereocenters. The van der Waals surface area contributed by atoms with Crippen molar-refractivity contribution in [1.29, 1.82) is 0 Å². The molecule has 0 aliphatic rings. The van der Waals surface area contributed by atoms with Crippen LogP contribution in [0.25, 0.3) is 0 Å². The van der Waals surface area contributed by atoms with Crippen molar-refractivity contribution in [2.75, 3.05) is 5.75 Å². The van der Waals surface area contributed by atoms with Gasteiger partial charge < -0.3 is 10.4 Å². The normalized spacial score (nSPS) is 12.8. The Morgan fingerprint density at radius 3 is 2.55 bits per heavy atom. The van der Waals surface area contributed by atoms with E-state index in [0.717, 1.165) is 17.8 Å². The number of carboxylic acids is 1. The van der Waals surface area contributed by atoms with E-state index in [1.54, 1.807) is 13.0 Å². The van der Waals surface area contributed by atoms with Gasteiger partial charge in [0, 0.05) is 10.6 Å². The number of aliphatic carboxylic acids is 1. The van der Waals surface area contributed by atoms with Crippen molar-refractivity contribution in [2.45, 2.75) is 44.9 Å². The quantitative estimate of drug-likeness (QED) is 0.712. The van der Waals surface area contributed by atoms with E-state index in [1.807, 2.05) is 6.92 Å². The Balaban J connectivity index is 2.73. The van der Waals surface area contributed by atoms with E-state index < -0.39 is 27.8 Å². The fraction of sp³-hybridized carbons (Fsp3) is 0.571. The van der Waals surface area contributed by atoms with Gasteiger partial charge in [-0.25, -0.2) is 13.2 Å². The third-order valence-electron chi connectivity index (χ3n) is 3.14. The Bertz CT molecular complexity index is 621. The van der Waals surface area contributed by atoms with Gasteiger partial charge in [-0.05, 0) is 18.6 Å². The molecule has 22 heavy (non-hydrogen) atoms. The number of thiophene rings is 1. The number of carbonyl (C=O) groups excluding carboxylic acids is 1. The van der Waals surface area contributed by atoms with Gasteiger partial charge in [0.05, 0.1) is 10.6 Å². The SMILES string of the molecule is CCCCC(NC(=O)c1ccc(CS(=O)(=O)CC)s1)C(=O)O. The van der Waals surface area contributed by atoms with Crippen molar-refractivity contribution in [1.82, 2.24) is 5.32 Å². The second-order valence-electron chi connectivity index (χ2n) is 4.95. The molecule has 1 amide bonds. The van der Waals surface area contributed by atoms with Gasteiger partial charge >= 0.3 is 5.97 Å². The molecule has 6 nitrogen and oxygen atoms in total. The number of rotatable bonds is 9. The maximum absolute atomic E-state index is 12.1. The number of carboxylic acid groups (broad SMARTS) is 1. The molecule has 2 N–H and O–H groups in total. The fourth-order valence-electron chi connectivity index (χ4n) is 1.79. The molecule has 1 aromatic rings. The molecular weight excluding hydrogens is 326 g/mol. The molecule has 0 aliphatic heterocycles. The van der Waals surface area contributed by atoms with E-state index in [1.165, 1.54) is 6.07 Å². The van der Waals surface area contributed by atoms with Crippen LogP contribution in [0.1, 0.15) is 47.7 Å². The van der Waals surface area contributed by atoms with Crippen molar-refractivity contribution in [3.8, 4) is 0 Å². The fourth-order valence-corrected chi connectivity index (χ4v) is 4.01. The van der Waals surface area contributed by atoms with Gasteiger partial charge in [-0.2, -0.15) is 0 Å². The highest BCUT2D eigenvalue weighted by Crippen LogP contribution is 2.19. The van der Waals surface area contributed by atoms with Crippen molar-refractivity contribution in [3.63, 3.8) is 0 Å². The average molecular weight is 347 g/mol. The van der Waals surface area contributed by atoms with Crippen LogP contribution in [0.2, 0.25) is 0 Å². The van der Waals surface area contributed by atoms with Gasteiger partial charge in [0.2, 0.25) is 0 Å². The van der Waals surface area contributed by atoms with Gasteiger partial charge in [-0.15, -0.1) is 11.3 Å². The van der Waals surface area contributed by atoms with Crippen LogP contribution in [0.3, 0.4) is 0 Å². The van der Waals surface area contributed by atoms with E-state index in [4.69, 9.17) is 5.11 Å². The minimum Gasteiger partial charge on any atom is -0.480 e. The molecule has 0 aromatic carbocycles. The molecule has 0 bridgehead atoms. The lowest BCUT2D eigenvalue weighted by molar-refractivity contribution is -0.139. The zero-order chi connectivity index (χ0) is 16.8. The van der Waals surface area contributed by atoms with Crippen molar-refractivity contribution in [3.05, 3.63) is 21.9 Å². The predicted molar refractivity (Wildman–Crippen MR) is 85.9 cm³/mol. The number of sulfone groups is 1. The highest BCUT2D eigenvalue weighted by molar-refractivity contribution is 7.90. The molecule has 1 aromatic heterocycles. The van der Waals surface area contributed by atoms with Crippen molar-refractivity contribution >= 4 is 33.1 Å². The molecule has 1 unspecified atom stereocenters. The van der Waals surface area contributed by atoms with Crippen LogP contribution in [0.4, 0.5) is 0 Å². The van der Waals surface area contributed by atoms with Crippen LogP contribution in [0, 0.1) is 0 Å². The van der Waals surface area contributed by atoms with Crippen LogP contribution in [0.15, 0.2) is 12.1 Å². The molecule has 0 fully saturated rings. The maximum atomic E-state index is 12.1. The highest BCUT2D eigenvalue weighted by atomic mass is 32.2. The summed E-state index contributed by atoms with van der Waals surface area (Å²) in [7, 11) is -3.15. The third kappa shape index (κ3) is 5.76. The summed E-state index contributed by atoms with van der Waals surface area (Å²) in [6, 6.07) is 2.20. The minimum absolute atomic E-state index is 0.0462. The first-order valence-corrected chi connectivity index (χ1v) is 9.75. The summed E-state index contributed by atoms with van der Waals surface area (Å²) in [5.74, 6) is -1.59. The molecule has 0 radical (unpaired) electrons. The van der Waals surface area contributed by atoms with Crippen molar-refractivity contribution < 1.29 is 23.1 Å². The average Bonchev–Trinajstić information content (AvgIpc) is 2.90. The minimum atomic E-state index is -3.15. The highest BCUT2D eigenvalue weighted by Gasteiger charge is 2.21. The smallest absolute Gasteiger partial charge is 0.326 e. The molecule has 0 aliphatic carbocycles. The van der Waals surface area contributed by atoms with Crippen molar-refractivity contribution in [2.24, 2.45) is 0 Å². The third-order valence-corrected chi connectivity index (χ3v) is 6.03. The van der Waals surface area contributed by atoms with Gasteiger partial charge in [0.15, 0.2) is 9.84 Å². The van der Waals surface area contributed by atoms with Crippen LogP contribution in [-0.4, -0.2) is 37.2 Å². The predicted octanol–water partition coefficient (Wildman–Crippen LogP) is 2.06. The largest absolute Gasteiger partial charge is 0.480 e. The van der Waals surface area contributed by atoms with E-state index >= 15 is 0 Å². The summed E-state index contributed by atoms with van der Waals surface area (Å²) in [4.78, 5) is 24.1. The lowest BCUT2D eigenvalue weighted by Crippen LogP contribution is -2.40. The molecular formula is C14H21NO5S2. The molecule has 0 spiro atoms. The molecule has 0 saturated heterocycles. The maximum Gasteiger partial charge on any atom is 0.326 e. The van der Waals surface area contributed by atoms with E-state index in [-0.39, 0.29) is 11.5 Å². The van der Waals surface area contributed by atoms with Crippen LogP contribution in [0.5, 0.6) is 0 Å². The summed E-state index contributed by atoms with van der Waals surface area (Å²) in [5, 5.41) is 11.6. The van der Waals surface area contributed by atoms with Crippen LogP contribution >= 0.6 is 11.3 Å². The second kappa shape index (κ2) is 8.28. The summed E-state index contributed by atoms with van der Waals surface area (Å²) in [6.45, 7) is 3.52. The van der Waals surface area contributed by atoms with E-state index in [0.29, 0.717) is 22.6 Å². The number of nitrogens with one attached hydrogen (secondary N) is 1. The monoisotopic (exact) mass is 347 g/mol. The number of hydrogen-bond acceptors (Lipinski definition) is 5. The Morgan fingerprint density at radius 2 is 2.00 bits per heavy atom. The number of unbranched alkanes of at least 4 members (excludes halogenated alkanes) is 1. The van der Waals surface area contributed by atoms with Gasteiger partial charge in [-0.3, -0.25) is 4.79 Å². The van der Waals surface area contributed by atoms with E-state index in [9.17, 15) is 18.0 Å². The summed E-state index contributed by atoms with van der Waals surface area (Å²) >= 11 is 1.08. The molecule has 0 saturated carbocycles. The van der Waals surface area contributed by atoms with Gasteiger partial charge in [-0.1, -0.05) is 26.7 Å². The standard InChI is InChI=1S/C14H21NO5S2/c1-3-5-6-11(14(17)18)15-13(16)12-8-7-10(21-12)9-22(19,20)4-2/h7-8,11H,3-6,9H2,1-2H3,(H,15,16)(H,17,18). The second-order valence-corrected chi connectivity index (χ2v) is 8.47. The Labute approximate surface area is 134 Å². The van der Waals surface area contributed by atoms with Crippen LogP contribution in [-0.2, 0) is 20.4 Å². The molecule has 1 heterocycles.